The van der Waals surface area contributed by atoms with Crippen LogP contribution < -0.4 is 5.32 Å². The summed E-state index contributed by atoms with van der Waals surface area (Å²) in [6.07, 6.45) is -0.322. The van der Waals surface area contributed by atoms with Crippen molar-refractivity contribution < 1.29 is 68.2 Å². The molecule has 2 N–H and O–H groups in total. The maximum Gasteiger partial charge on any atom is 0.408 e. The molecule has 7 heteroatoms. The fraction of sp³-hybridized carbons (Fsp3) is 0.857. The number of esters is 1. The molecule has 1 radical (unpaired) electrons. The summed E-state index contributed by atoms with van der Waals surface area (Å²) in [5, 5.41) is 11.8. The van der Waals surface area contributed by atoms with Gasteiger partial charge in [0.2, 0.25) is 0 Å². The molecule has 1 aliphatic carbocycles. The third-order valence-electron chi connectivity index (χ3n) is 2.81. The molecule has 1 rings (SSSR count). The fourth-order valence-electron chi connectivity index (χ4n) is 1.86. The maximum absolute atomic E-state index is 12.2. The van der Waals surface area contributed by atoms with Crippen LogP contribution >= 0.6 is 0 Å². The van der Waals surface area contributed by atoms with Gasteiger partial charge in [0.15, 0.2) is 0 Å². The number of ether oxygens (including phenoxy) is 2. The molecule has 1 amide bonds. The second-order valence-corrected chi connectivity index (χ2v) is 7.18. The van der Waals surface area contributed by atoms with Crippen molar-refractivity contribution in [2.45, 2.75) is 64.7 Å². The second kappa shape index (κ2) is 7.14. The third kappa shape index (κ3) is 6.42. The van der Waals surface area contributed by atoms with Gasteiger partial charge in [-0.3, -0.25) is 0 Å². The predicted octanol–water partition coefficient (Wildman–Crippen LogP) is 1.60. The molecule has 21 heavy (non-hydrogen) atoms. The van der Waals surface area contributed by atoms with E-state index >= 15 is 0 Å². The van der Waals surface area contributed by atoms with Gasteiger partial charge in [0.1, 0.15) is 16.7 Å². The van der Waals surface area contributed by atoms with Crippen molar-refractivity contribution in [3.8, 4) is 0 Å². The number of carbonyl (C=O) groups is 2. The molecule has 6 nitrogen and oxygen atoms in total. The van der Waals surface area contributed by atoms with Crippen molar-refractivity contribution in [3.63, 3.8) is 0 Å². The molecule has 0 aromatic heterocycles. The van der Waals surface area contributed by atoms with Crippen LogP contribution in [0.3, 0.4) is 0 Å². The van der Waals surface area contributed by atoms with Crippen LogP contribution in [0, 0.1) is 50.0 Å². The molecule has 2 atom stereocenters. The van der Waals surface area contributed by atoms with E-state index in [4.69, 9.17) is 9.47 Å². The van der Waals surface area contributed by atoms with E-state index in [1.54, 1.807) is 41.5 Å². The minimum Gasteiger partial charge on any atom is -0.458 e. The van der Waals surface area contributed by atoms with Crippen LogP contribution in [-0.4, -0.2) is 40.5 Å². The molecule has 0 aromatic carbocycles. The van der Waals surface area contributed by atoms with Gasteiger partial charge in [-0.2, -0.15) is 0 Å². The van der Waals surface area contributed by atoms with E-state index in [0.717, 1.165) is 0 Å². The van der Waals surface area contributed by atoms with Gasteiger partial charge in [-0.15, -0.1) is 0 Å². The predicted molar refractivity (Wildman–Crippen MR) is 73.1 cm³/mol. The van der Waals surface area contributed by atoms with Gasteiger partial charge in [-0.05, 0) is 48.0 Å². The monoisotopic (exact) mass is 514 g/mol. The number of carbonyl (C=O) groups excluding carboxylic acids is 2. The molecule has 0 aromatic rings. The van der Waals surface area contributed by atoms with Gasteiger partial charge in [-0.1, -0.05) is 0 Å². The Labute approximate surface area is 161 Å². The summed E-state index contributed by atoms with van der Waals surface area (Å²) in [5.74, 6) is -0.861. The van der Waals surface area contributed by atoms with Gasteiger partial charge >= 0.3 is 12.1 Å². The first-order valence-electron chi connectivity index (χ1n) is 6.75. The zero-order chi connectivity index (χ0) is 15.8. The van der Waals surface area contributed by atoms with Crippen molar-refractivity contribution >= 4 is 12.1 Å². The molecular weight excluding hydrogens is 489 g/mol. The van der Waals surface area contributed by atoms with E-state index in [-0.39, 0.29) is 56.6 Å². The Morgan fingerprint density at radius 3 is 1.95 bits per heavy atom. The number of amides is 1. The van der Waals surface area contributed by atoms with E-state index < -0.39 is 28.8 Å². The number of nitrogens with one attached hydrogen (secondary N) is 1. The Kier molecular flexibility index (Phi) is 7.19. The zero-order valence-corrected chi connectivity index (χ0v) is 18.4. The summed E-state index contributed by atoms with van der Waals surface area (Å²) in [5.41, 5.74) is -2.46. The van der Waals surface area contributed by atoms with Crippen LogP contribution in [0.5, 0.6) is 0 Å². The SMILES string of the molecule is CC(C)(C)OC(=O)N[C@]1(C(=O)OC(C)(C)C)C[C@@H]1CO.[Ac]. The van der Waals surface area contributed by atoms with Crippen LogP contribution in [0.25, 0.3) is 0 Å². The minimum absolute atomic E-state index is 0. The number of hydrogen-bond acceptors (Lipinski definition) is 5. The van der Waals surface area contributed by atoms with Gasteiger partial charge in [0, 0.05) is 56.6 Å². The summed E-state index contributed by atoms with van der Waals surface area (Å²) in [6, 6.07) is 0. The molecule has 0 bridgehead atoms. The Morgan fingerprint density at radius 1 is 1.14 bits per heavy atom. The largest absolute Gasteiger partial charge is 0.458 e. The smallest absolute Gasteiger partial charge is 0.408 e. The van der Waals surface area contributed by atoms with Crippen molar-refractivity contribution in [1.82, 2.24) is 5.32 Å². The molecule has 1 saturated carbocycles. The van der Waals surface area contributed by atoms with Crippen LogP contribution in [0.4, 0.5) is 4.79 Å². The molecule has 119 valence electrons. The quantitative estimate of drug-likeness (QED) is 0.560. The summed E-state index contributed by atoms with van der Waals surface area (Å²) < 4.78 is 10.5. The number of alkyl carbamates (subject to hydrolysis) is 1. The summed E-state index contributed by atoms with van der Waals surface area (Å²) in [4.78, 5) is 24.0. The van der Waals surface area contributed by atoms with Crippen molar-refractivity contribution in [1.29, 1.82) is 0 Å². The van der Waals surface area contributed by atoms with E-state index in [9.17, 15) is 14.7 Å². The first-order valence-corrected chi connectivity index (χ1v) is 6.75. The van der Waals surface area contributed by atoms with E-state index in [1.165, 1.54) is 0 Å². The molecule has 0 saturated heterocycles. The van der Waals surface area contributed by atoms with Crippen LogP contribution in [0.15, 0.2) is 0 Å². The van der Waals surface area contributed by atoms with Crippen LogP contribution in [0.1, 0.15) is 48.0 Å². The average molecular weight is 514 g/mol. The van der Waals surface area contributed by atoms with Crippen molar-refractivity contribution in [2.75, 3.05) is 6.61 Å². The molecule has 0 aliphatic heterocycles. The molecule has 1 fully saturated rings. The van der Waals surface area contributed by atoms with Crippen LogP contribution in [-0.2, 0) is 14.3 Å². The van der Waals surface area contributed by atoms with Crippen molar-refractivity contribution in [2.24, 2.45) is 5.92 Å². The first-order chi connectivity index (χ1) is 8.89. The zero-order valence-electron chi connectivity index (χ0n) is 13.6. The van der Waals surface area contributed by atoms with E-state index in [0.29, 0.717) is 6.42 Å². The van der Waals surface area contributed by atoms with Crippen LogP contribution in [0.2, 0.25) is 0 Å². The first kappa shape index (κ1) is 21.1. The number of hydrogen-bond donors (Lipinski definition) is 2. The molecular formula is C14H25AcNO5. The Balaban J connectivity index is 0.00000400. The van der Waals surface area contributed by atoms with Gasteiger partial charge in [0.25, 0.3) is 0 Å². The van der Waals surface area contributed by atoms with Gasteiger partial charge in [0.05, 0.1) is 0 Å². The standard InChI is InChI=1S/C14H25NO5.Ac/c1-12(2,3)19-10(17)14(7-9(14)8-16)15-11(18)20-13(4,5)6;/h9,16H,7-8H2,1-6H3,(H,15,18);/t9-,14-;/m1./s1. The molecule has 0 heterocycles. The topological polar surface area (TPSA) is 84.9 Å². The maximum atomic E-state index is 12.2. The third-order valence-corrected chi connectivity index (χ3v) is 2.81. The molecule has 0 spiro atoms. The summed E-state index contributed by atoms with van der Waals surface area (Å²) in [6.45, 7) is 10.3. The van der Waals surface area contributed by atoms with Gasteiger partial charge in [-0.25, -0.2) is 9.59 Å². The van der Waals surface area contributed by atoms with E-state index in [1.807, 2.05) is 0 Å². The van der Waals surface area contributed by atoms with Crippen molar-refractivity contribution in [3.05, 3.63) is 0 Å². The average Bonchev–Trinajstić information content (AvgIpc) is 2.86. The summed E-state index contributed by atoms with van der Waals surface area (Å²) >= 11 is 0. The number of aliphatic hydroxyl groups is 1. The minimum atomic E-state index is -1.16. The Bertz CT molecular complexity index is 399. The number of aliphatic hydroxyl groups excluding tert-OH is 1. The normalized spacial score (nSPS) is 24.6. The Hall–Kier alpha value is 0.142. The molecule has 0 unspecified atom stereocenters. The number of rotatable bonds is 3. The molecule has 1 aliphatic rings. The van der Waals surface area contributed by atoms with E-state index in [2.05, 4.69) is 5.32 Å². The Morgan fingerprint density at radius 2 is 1.62 bits per heavy atom. The summed E-state index contributed by atoms with van der Waals surface area (Å²) in [7, 11) is 0. The fourth-order valence-corrected chi connectivity index (χ4v) is 1.86. The second-order valence-electron chi connectivity index (χ2n) is 7.18. The van der Waals surface area contributed by atoms with Gasteiger partial charge < -0.3 is 19.9 Å².